The molecule has 0 aliphatic carbocycles. The second kappa shape index (κ2) is 11.9. The average Bonchev–Trinajstić information content (AvgIpc) is 2.86. The van der Waals surface area contributed by atoms with Crippen LogP contribution in [0, 0.1) is 5.92 Å². The number of rotatable bonds is 7. The molecule has 1 rings (SSSR count). The van der Waals surface area contributed by atoms with Gasteiger partial charge in [-0.3, -0.25) is 14.7 Å². The van der Waals surface area contributed by atoms with Crippen LogP contribution in [0.4, 0.5) is 0 Å². The minimum absolute atomic E-state index is 0. The third-order valence-electron chi connectivity index (χ3n) is 4.24. The van der Waals surface area contributed by atoms with Crippen molar-refractivity contribution in [1.29, 1.82) is 0 Å². The van der Waals surface area contributed by atoms with Gasteiger partial charge in [0.05, 0.1) is 7.11 Å². The molecular formula is C16H33IN4O2. The van der Waals surface area contributed by atoms with Crippen LogP contribution in [-0.2, 0) is 9.53 Å². The van der Waals surface area contributed by atoms with Gasteiger partial charge in [0.1, 0.15) is 0 Å². The zero-order valence-corrected chi connectivity index (χ0v) is 17.4. The van der Waals surface area contributed by atoms with Gasteiger partial charge in [-0.2, -0.15) is 0 Å². The summed E-state index contributed by atoms with van der Waals surface area (Å²) in [6.45, 7) is 9.76. The highest BCUT2D eigenvalue weighted by atomic mass is 127. The summed E-state index contributed by atoms with van der Waals surface area (Å²) in [5, 5.41) is 6.84. The molecule has 0 amide bonds. The van der Waals surface area contributed by atoms with Crippen LogP contribution in [0.1, 0.15) is 40.0 Å². The summed E-state index contributed by atoms with van der Waals surface area (Å²) in [6, 6.07) is 1.02. The van der Waals surface area contributed by atoms with Crippen molar-refractivity contribution in [3.05, 3.63) is 0 Å². The molecule has 7 heteroatoms. The standard InChI is InChI=1S/C16H32N4O2.HI/c1-12(2)20-10-13(3)14(11-20)19-16(17-4)18-9-7-6-8-15(21)22-5;/h12-14H,6-11H2,1-5H3,(H2,17,18,19);1H. The SMILES string of the molecule is CN=C(NCCCCC(=O)OC)NC1CN(C(C)C)CC1C.I. The van der Waals surface area contributed by atoms with Gasteiger partial charge in [-0.25, -0.2) is 0 Å². The predicted octanol–water partition coefficient (Wildman–Crippen LogP) is 1.84. The highest BCUT2D eigenvalue weighted by molar-refractivity contribution is 14.0. The first-order valence-electron chi connectivity index (χ1n) is 8.26. The molecule has 0 bridgehead atoms. The molecule has 1 saturated heterocycles. The Bertz CT molecular complexity index is 377. The van der Waals surface area contributed by atoms with Crippen LogP contribution < -0.4 is 10.6 Å². The van der Waals surface area contributed by atoms with Gasteiger partial charge < -0.3 is 15.4 Å². The molecule has 1 fully saturated rings. The molecule has 0 aromatic rings. The van der Waals surface area contributed by atoms with Crippen LogP contribution in [0.2, 0.25) is 0 Å². The van der Waals surface area contributed by atoms with E-state index in [1.807, 2.05) is 0 Å². The van der Waals surface area contributed by atoms with Crippen molar-refractivity contribution in [1.82, 2.24) is 15.5 Å². The Morgan fingerprint density at radius 2 is 2.04 bits per heavy atom. The van der Waals surface area contributed by atoms with Gasteiger partial charge in [-0.05, 0) is 32.6 Å². The van der Waals surface area contributed by atoms with E-state index >= 15 is 0 Å². The van der Waals surface area contributed by atoms with Gasteiger partial charge in [0.2, 0.25) is 0 Å². The fraction of sp³-hybridized carbons (Fsp3) is 0.875. The molecule has 2 N–H and O–H groups in total. The van der Waals surface area contributed by atoms with Gasteiger partial charge in [-0.1, -0.05) is 6.92 Å². The highest BCUT2D eigenvalue weighted by Crippen LogP contribution is 2.18. The van der Waals surface area contributed by atoms with E-state index in [2.05, 4.69) is 46.0 Å². The Morgan fingerprint density at radius 3 is 2.57 bits per heavy atom. The number of unbranched alkanes of at least 4 members (excludes halogenated alkanes) is 1. The van der Waals surface area contributed by atoms with Gasteiger partial charge in [-0.15, -0.1) is 24.0 Å². The first kappa shape index (κ1) is 22.4. The first-order chi connectivity index (χ1) is 10.5. The molecule has 23 heavy (non-hydrogen) atoms. The minimum Gasteiger partial charge on any atom is -0.469 e. The lowest BCUT2D eigenvalue weighted by Gasteiger charge is -2.21. The summed E-state index contributed by atoms with van der Waals surface area (Å²) in [6.07, 6.45) is 2.24. The van der Waals surface area contributed by atoms with E-state index in [-0.39, 0.29) is 29.9 Å². The van der Waals surface area contributed by atoms with Crippen molar-refractivity contribution in [2.24, 2.45) is 10.9 Å². The quantitative estimate of drug-likeness (QED) is 0.208. The summed E-state index contributed by atoms with van der Waals surface area (Å²) in [5.41, 5.74) is 0. The molecule has 2 atom stereocenters. The number of carbonyl (C=O) groups excluding carboxylic acids is 1. The summed E-state index contributed by atoms with van der Waals surface area (Å²) in [7, 11) is 3.22. The highest BCUT2D eigenvalue weighted by Gasteiger charge is 2.31. The number of aliphatic imine (C=N–C) groups is 1. The molecule has 0 aromatic carbocycles. The van der Waals surface area contributed by atoms with E-state index in [0.29, 0.717) is 24.4 Å². The van der Waals surface area contributed by atoms with E-state index in [0.717, 1.165) is 38.4 Å². The van der Waals surface area contributed by atoms with E-state index < -0.39 is 0 Å². The molecule has 1 heterocycles. The molecule has 0 saturated carbocycles. The van der Waals surface area contributed by atoms with Gasteiger partial charge in [0.15, 0.2) is 5.96 Å². The van der Waals surface area contributed by atoms with Crippen molar-refractivity contribution in [2.45, 2.75) is 52.1 Å². The smallest absolute Gasteiger partial charge is 0.305 e. The lowest BCUT2D eigenvalue weighted by molar-refractivity contribution is -0.140. The number of esters is 1. The molecule has 6 nitrogen and oxygen atoms in total. The largest absolute Gasteiger partial charge is 0.469 e. The topological polar surface area (TPSA) is 66.0 Å². The number of likely N-dealkylation sites (tertiary alicyclic amines) is 1. The van der Waals surface area contributed by atoms with Gasteiger partial charge >= 0.3 is 5.97 Å². The minimum atomic E-state index is -0.143. The van der Waals surface area contributed by atoms with Crippen LogP contribution in [0.25, 0.3) is 0 Å². The lowest BCUT2D eigenvalue weighted by atomic mass is 10.1. The summed E-state index contributed by atoms with van der Waals surface area (Å²) >= 11 is 0. The molecule has 136 valence electrons. The molecule has 0 spiro atoms. The average molecular weight is 440 g/mol. The van der Waals surface area contributed by atoms with Crippen LogP contribution in [-0.4, -0.2) is 62.7 Å². The van der Waals surface area contributed by atoms with Crippen LogP contribution >= 0.6 is 24.0 Å². The third kappa shape index (κ3) is 8.19. The second-order valence-corrected chi connectivity index (χ2v) is 6.31. The molecule has 0 aromatic heterocycles. The Kier molecular flexibility index (Phi) is 11.6. The van der Waals surface area contributed by atoms with Gasteiger partial charge in [0.25, 0.3) is 0 Å². The van der Waals surface area contributed by atoms with Crippen molar-refractivity contribution in [3.8, 4) is 0 Å². The summed E-state index contributed by atoms with van der Waals surface area (Å²) < 4.78 is 4.63. The maximum atomic E-state index is 11.0. The lowest BCUT2D eigenvalue weighted by Crippen LogP contribution is -2.47. The molecule has 0 radical (unpaired) electrons. The van der Waals surface area contributed by atoms with Crippen LogP contribution in [0.15, 0.2) is 4.99 Å². The number of halogens is 1. The predicted molar refractivity (Wildman–Crippen MR) is 105 cm³/mol. The van der Waals surface area contributed by atoms with E-state index in [1.54, 1.807) is 7.05 Å². The molecular weight excluding hydrogens is 407 g/mol. The van der Waals surface area contributed by atoms with Crippen LogP contribution in [0.3, 0.4) is 0 Å². The molecule has 1 aliphatic heterocycles. The third-order valence-corrected chi connectivity index (χ3v) is 4.24. The van der Waals surface area contributed by atoms with Crippen LogP contribution in [0.5, 0.6) is 0 Å². The first-order valence-corrected chi connectivity index (χ1v) is 8.26. The van der Waals surface area contributed by atoms with Crippen molar-refractivity contribution in [3.63, 3.8) is 0 Å². The number of hydrogen-bond acceptors (Lipinski definition) is 4. The molecule has 2 unspecified atom stereocenters. The van der Waals surface area contributed by atoms with Crippen molar-refractivity contribution < 1.29 is 9.53 Å². The van der Waals surface area contributed by atoms with E-state index in [4.69, 9.17) is 0 Å². The zero-order valence-electron chi connectivity index (χ0n) is 15.1. The van der Waals surface area contributed by atoms with E-state index in [1.165, 1.54) is 7.11 Å². The number of hydrogen-bond donors (Lipinski definition) is 2. The molecule has 1 aliphatic rings. The number of methoxy groups -OCH3 is 1. The number of ether oxygens (including phenoxy) is 1. The number of carbonyl (C=O) groups is 1. The number of nitrogens with one attached hydrogen (secondary N) is 2. The van der Waals surface area contributed by atoms with Crippen molar-refractivity contribution >= 4 is 35.9 Å². The Balaban J connectivity index is 0.00000484. The Hall–Kier alpha value is -0.570. The summed E-state index contributed by atoms with van der Waals surface area (Å²) in [5.74, 6) is 1.32. The number of guanidine groups is 1. The van der Waals surface area contributed by atoms with Crippen molar-refractivity contribution in [2.75, 3.05) is 33.8 Å². The second-order valence-electron chi connectivity index (χ2n) is 6.31. The number of nitrogens with zero attached hydrogens (tertiary/aromatic N) is 2. The summed E-state index contributed by atoms with van der Waals surface area (Å²) in [4.78, 5) is 17.8. The van der Waals surface area contributed by atoms with Gasteiger partial charge in [0, 0.05) is 45.2 Å². The maximum Gasteiger partial charge on any atom is 0.305 e. The zero-order chi connectivity index (χ0) is 16.5. The Labute approximate surface area is 157 Å². The fourth-order valence-corrected chi connectivity index (χ4v) is 2.69. The monoisotopic (exact) mass is 440 g/mol. The Morgan fingerprint density at radius 1 is 1.35 bits per heavy atom. The van der Waals surface area contributed by atoms with E-state index in [9.17, 15) is 4.79 Å². The normalized spacial score (nSPS) is 21.9. The maximum absolute atomic E-state index is 11.0. The fourth-order valence-electron chi connectivity index (χ4n) is 2.69.